The van der Waals surface area contributed by atoms with Crippen molar-refractivity contribution in [1.29, 1.82) is 0 Å². The molecule has 0 amide bonds. The van der Waals surface area contributed by atoms with Crippen LogP contribution in [0.2, 0.25) is 0 Å². The number of fused-ring (bicyclic) bond motifs is 1. The van der Waals surface area contributed by atoms with Gasteiger partial charge in [-0.1, -0.05) is 0 Å². The number of halogens is 3. The quantitative estimate of drug-likeness (QED) is 0.768. The third-order valence-electron chi connectivity index (χ3n) is 6.49. The molecule has 1 aliphatic heterocycles. The lowest BCUT2D eigenvalue weighted by molar-refractivity contribution is -0.0488. The third kappa shape index (κ3) is 2.84. The number of hydrogen-bond donors (Lipinski definition) is 2. The Kier molecular flexibility index (Phi) is 4.08. The first kappa shape index (κ1) is 19.2. The molecule has 10 heteroatoms. The number of nitrogens with two attached hydrogens (primary N) is 1. The van der Waals surface area contributed by atoms with E-state index in [1.807, 2.05) is 0 Å². The fourth-order valence-corrected chi connectivity index (χ4v) is 4.58. The van der Waals surface area contributed by atoms with Crippen molar-refractivity contribution in [1.82, 2.24) is 4.57 Å². The standard InChI is InChI=1S/C20H20F3N3O4/c21-12-5-10-14(26(9-1-2-9)6-11(16(10)27)18(28)29)17(30-19(22)23)15(12)25-7-13(24)20(8-25)3-4-20/h5-6,9,13,19H,1-4,7-8,24H2,(H,28,29). The van der Waals surface area contributed by atoms with Crippen LogP contribution in [0, 0.1) is 11.2 Å². The van der Waals surface area contributed by atoms with Gasteiger partial charge in [-0.15, -0.1) is 0 Å². The number of carboxylic acids is 1. The van der Waals surface area contributed by atoms with Crippen molar-refractivity contribution in [2.45, 2.75) is 44.4 Å². The number of rotatable bonds is 5. The summed E-state index contributed by atoms with van der Waals surface area (Å²) in [5.41, 5.74) is 4.43. The zero-order valence-corrected chi connectivity index (χ0v) is 15.9. The predicted molar refractivity (Wildman–Crippen MR) is 102 cm³/mol. The van der Waals surface area contributed by atoms with Gasteiger partial charge in [0.2, 0.25) is 5.43 Å². The van der Waals surface area contributed by atoms with Crippen LogP contribution in [-0.2, 0) is 0 Å². The fraction of sp³-hybridized carbons (Fsp3) is 0.500. The van der Waals surface area contributed by atoms with E-state index in [0.717, 1.165) is 25.1 Å². The second-order valence-corrected chi connectivity index (χ2v) is 8.48. The van der Waals surface area contributed by atoms with Crippen LogP contribution in [0.25, 0.3) is 10.9 Å². The maximum absolute atomic E-state index is 15.2. The minimum absolute atomic E-state index is 0.00508. The SMILES string of the molecule is NC1CN(c2c(F)cc3c(=O)c(C(=O)O)cn(C4CC4)c3c2OC(F)F)CC12CC2. The van der Waals surface area contributed by atoms with Gasteiger partial charge in [0.15, 0.2) is 11.6 Å². The summed E-state index contributed by atoms with van der Waals surface area (Å²) in [4.78, 5) is 25.8. The van der Waals surface area contributed by atoms with Gasteiger partial charge in [-0.05, 0) is 31.7 Å². The molecule has 2 heterocycles. The lowest BCUT2D eigenvalue weighted by Gasteiger charge is -2.25. The van der Waals surface area contributed by atoms with Gasteiger partial charge in [0.1, 0.15) is 11.3 Å². The van der Waals surface area contributed by atoms with E-state index in [2.05, 4.69) is 0 Å². The Morgan fingerprint density at radius 1 is 1.33 bits per heavy atom. The lowest BCUT2D eigenvalue weighted by Crippen LogP contribution is -2.30. The van der Waals surface area contributed by atoms with Crippen molar-refractivity contribution in [3.63, 3.8) is 0 Å². The van der Waals surface area contributed by atoms with Crippen LogP contribution in [0.5, 0.6) is 5.75 Å². The molecule has 0 bridgehead atoms. The van der Waals surface area contributed by atoms with Crippen molar-refractivity contribution in [2.75, 3.05) is 18.0 Å². The molecular formula is C20H20F3N3O4. The van der Waals surface area contributed by atoms with Gasteiger partial charge in [0.25, 0.3) is 0 Å². The Balaban J connectivity index is 1.80. The number of aromatic nitrogens is 1. The highest BCUT2D eigenvalue weighted by atomic mass is 19.3. The normalized spacial score (nSPS) is 22.3. The molecule has 1 aromatic heterocycles. The molecule has 7 nitrogen and oxygen atoms in total. The van der Waals surface area contributed by atoms with Gasteiger partial charge in [-0.25, -0.2) is 9.18 Å². The predicted octanol–water partition coefficient (Wildman–Crippen LogP) is 2.70. The third-order valence-corrected chi connectivity index (χ3v) is 6.49. The average Bonchev–Trinajstić information content (AvgIpc) is 3.55. The summed E-state index contributed by atoms with van der Waals surface area (Å²) in [7, 11) is 0. The van der Waals surface area contributed by atoms with Gasteiger partial charge >= 0.3 is 12.6 Å². The molecule has 1 spiro atoms. The second-order valence-electron chi connectivity index (χ2n) is 8.48. The molecule has 1 saturated heterocycles. The number of pyridine rings is 1. The molecule has 3 N–H and O–H groups in total. The summed E-state index contributed by atoms with van der Waals surface area (Å²) in [5, 5.41) is 9.09. The van der Waals surface area contributed by atoms with Gasteiger partial charge in [-0.3, -0.25) is 4.79 Å². The maximum atomic E-state index is 15.2. The van der Waals surface area contributed by atoms with Crippen molar-refractivity contribution in [3.05, 3.63) is 33.9 Å². The van der Waals surface area contributed by atoms with E-state index >= 15 is 4.39 Å². The van der Waals surface area contributed by atoms with Crippen LogP contribution in [-0.4, -0.2) is 41.4 Å². The van der Waals surface area contributed by atoms with Gasteiger partial charge < -0.3 is 25.0 Å². The molecule has 2 aliphatic carbocycles. The van der Waals surface area contributed by atoms with Crippen LogP contribution in [0.15, 0.2) is 17.1 Å². The number of ether oxygens (including phenoxy) is 1. The number of alkyl halides is 2. The van der Waals surface area contributed by atoms with E-state index in [9.17, 15) is 23.5 Å². The van der Waals surface area contributed by atoms with E-state index in [0.29, 0.717) is 19.4 Å². The first-order valence-corrected chi connectivity index (χ1v) is 9.82. The van der Waals surface area contributed by atoms with Crippen molar-refractivity contribution in [3.8, 4) is 5.75 Å². The Labute approximate surface area is 168 Å². The van der Waals surface area contributed by atoms with Crippen LogP contribution in [0.4, 0.5) is 18.9 Å². The highest BCUT2D eigenvalue weighted by molar-refractivity contribution is 5.97. The number of aromatic carboxylic acids is 1. The molecule has 2 saturated carbocycles. The summed E-state index contributed by atoms with van der Waals surface area (Å²) in [6, 6.07) is 0.548. The molecule has 0 radical (unpaired) electrons. The summed E-state index contributed by atoms with van der Waals surface area (Å²) in [6.45, 7) is -2.55. The minimum atomic E-state index is -3.25. The molecule has 3 fully saturated rings. The van der Waals surface area contributed by atoms with E-state index in [1.54, 1.807) is 4.90 Å². The van der Waals surface area contributed by atoms with Crippen molar-refractivity contribution >= 4 is 22.6 Å². The zero-order chi connectivity index (χ0) is 21.4. The smallest absolute Gasteiger partial charge is 0.387 e. The van der Waals surface area contributed by atoms with Crippen molar-refractivity contribution < 1.29 is 27.8 Å². The Morgan fingerprint density at radius 2 is 2.03 bits per heavy atom. The fourth-order valence-electron chi connectivity index (χ4n) is 4.58. The van der Waals surface area contributed by atoms with Crippen molar-refractivity contribution in [2.24, 2.45) is 11.1 Å². The Bertz CT molecular complexity index is 1120. The first-order valence-electron chi connectivity index (χ1n) is 9.82. The van der Waals surface area contributed by atoms with E-state index in [1.165, 1.54) is 4.57 Å². The Hall–Kier alpha value is -2.75. The monoisotopic (exact) mass is 423 g/mol. The Morgan fingerprint density at radius 3 is 2.57 bits per heavy atom. The summed E-state index contributed by atoms with van der Waals surface area (Å²) >= 11 is 0. The lowest BCUT2D eigenvalue weighted by atomic mass is 10.0. The molecule has 30 heavy (non-hydrogen) atoms. The van der Waals surface area contributed by atoms with Crippen LogP contribution < -0.4 is 20.8 Å². The topological polar surface area (TPSA) is 97.8 Å². The molecule has 5 rings (SSSR count). The molecule has 2 aromatic rings. The molecule has 3 aliphatic rings. The van der Waals surface area contributed by atoms with E-state index in [4.69, 9.17) is 10.5 Å². The first-order chi connectivity index (χ1) is 14.2. The highest BCUT2D eigenvalue weighted by Crippen LogP contribution is 2.54. The molecular weight excluding hydrogens is 403 g/mol. The van der Waals surface area contributed by atoms with Crippen LogP contribution in [0.3, 0.4) is 0 Å². The van der Waals surface area contributed by atoms with Crippen LogP contribution in [0.1, 0.15) is 42.1 Å². The molecule has 1 atom stereocenters. The summed E-state index contributed by atoms with van der Waals surface area (Å²) < 4.78 is 48.2. The van der Waals surface area contributed by atoms with Gasteiger partial charge in [0.05, 0.1) is 10.9 Å². The van der Waals surface area contributed by atoms with Gasteiger partial charge in [0, 0.05) is 36.8 Å². The average molecular weight is 423 g/mol. The summed E-state index contributed by atoms with van der Waals surface area (Å²) in [6.07, 6.45) is 4.30. The summed E-state index contributed by atoms with van der Waals surface area (Å²) in [5.74, 6) is -2.81. The number of carboxylic acid groups (broad SMARTS) is 1. The number of carbonyl (C=O) groups is 1. The number of benzene rings is 1. The number of hydrogen-bond acceptors (Lipinski definition) is 5. The highest BCUT2D eigenvalue weighted by Gasteiger charge is 2.54. The largest absolute Gasteiger partial charge is 0.477 e. The van der Waals surface area contributed by atoms with Crippen LogP contribution >= 0.6 is 0 Å². The minimum Gasteiger partial charge on any atom is -0.477 e. The number of nitrogens with zero attached hydrogens (tertiary/aromatic N) is 2. The van der Waals surface area contributed by atoms with Gasteiger partial charge in [-0.2, -0.15) is 8.78 Å². The zero-order valence-electron chi connectivity index (χ0n) is 15.9. The molecule has 1 aromatic carbocycles. The molecule has 1 unspecified atom stereocenters. The number of anilines is 1. The second kappa shape index (κ2) is 6.37. The van der Waals surface area contributed by atoms with E-state index in [-0.39, 0.29) is 40.6 Å². The molecule has 160 valence electrons. The van der Waals surface area contributed by atoms with E-state index < -0.39 is 35.1 Å². The maximum Gasteiger partial charge on any atom is 0.387 e.